The second-order valence-corrected chi connectivity index (χ2v) is 16.9. The number of methoxy groups -OCH3 is 2. The molecule has 4 aliphatic carbocycles. The van der Waals surface area contributed by atoms with Crippen molar-refractivity contribution in [2.75, 3.05) is 14.2 Å². The predicted octanol–water partition coefficient (Wildman–Crippen LogP) is 5.76. The Hall–Kier alpha value is -1.62. The van der Waals surface area contributed by atoms with Crippen molar-refractivity contribution in [1.29, 1.82) is 0 Å². The second-order valence-electron chi connectivity index (χ2n) is 11.6. The lowest BCUT2D eigenvalue weighted by atomic mass is 9.61. The van der Waals surface area contributed by atoms with Gasteiger partial charge in [0.15, 0.2) is 5.41 Å². The summed E-state index contributed by atoms with van der Waals surface area (Å²) in [6.07, 6.45) is 7.92. The summed E-state index contributed by atoms with van der Waals surface area (Å²) < 4.78 is 10.6. The fourth-order valence-electron chi connectivity index (χ4n) is 6.95. The standard InChI is InChI=1S/C26H38O4Si/c1-9-17-21(31(7,8)24(2,3)4)16-15-26(22(27)29-5,23(28)30-6)19-12-10-11-18(20(16)19)25(17)13-14-25/h9,18-19H,1,10-15H2,2-8H3. The van der Waals surface area contributed by atoms with Crippen LogP contribution < -0.4 is 0 Å². The molecule has 0 aliphatic heterocycles. The van der Waals surface area contributed by atoms with Gasteiger partial charge in [-0.05, 0) is 54.2 Å². The molecule has 31 heavy (non-hydrogen) atoms. The first-order chi connectivity index (χ1) is 14.4. The van der Waals surface area contributed by atoms with Gasteiger partial charge in [0, 0.05) is 11.3 Å². The number of fused-ring (bicyclic) bond motifs is 1. The number of hydrogen-bond donors (Lipinski definition) is 0. The van der Waals surface area contributed by atoms with Crippen LogP contribution in [0.3, 0.4) is 0 Å². The summed E-state index contributed by atoms with van der Waals surface area (Å²) in [6, 6.07) is 0. The van der Waals surface area contributed by atoms with Gasteiger partial charge >= 0.3 is 11.9 Å². The molecular formula is C26H38O4Si. The Balaban J connectivity index is 2.02. The van der Waals surface area contributed by atoms with E-state index in [-0.39, 0.29) is 16.4 Å². The van der Waals surface area contributed by atoms with Gasteiger partial charge in [-0.3, -0.25) is 9.59 Å². The monoisotopic (exact) mass is 442 g/mol. The Labute approximate surface area is 188 Å². The molecule has 4 rings (SSSR count). The largest absolute Gasteiger partial charge is 0.468 e. The van der Waals surface area contributed by atoms with Crippen LogP contribution in [0.1, 0.15) is 59.3 Å². The minimum atomic E-state index is -1.98. The van der Waals surface area contributed by atoms with Gasteiger partial charge in [0.05, 0.1) is 22.3 Å². The Morgan fingerprint density at radius 3 is 2.06 bits per heavy atom. The molecule has 0 bridgehead atoms. The van der Waals surface area contributed by atoms with Crippen molar-refractivity contribution in [2.45, 2.75) is 77.4 Å². The van der Waals surface area contributed by atoms with Crippen molar-refractivity contribution in [3.8, 4) is 0 Å². The zero-order valence-electron chi connectivity index (χ0n) is 20.3. The average molecular weight is 443 g/mol. The van der Waals surface area contributed by atoms with E-state index in [2.05, 4.69) is 46.5 Å². The second kappa shape index (κ2) is 6.94. The van der Waals surface area contributed by atoms with Gasteiger partial charge in [-0.25, -0.2) is 0 Å². The molecule has 4 nitrogen and oxygen atoms in total. The molecule has 0 heterocycles. The van der Waals surface area contributed by atoms with Crippen molar-refractivity contribution in [3.63, 3.8) is 0 Å². The van der Waals surface area contributed by atoms with E-state index in [1.165, 1.54) is 49.0 Å². The van der Waals surface area contributed by atoms with Crippen LogP contribution in [-0.4, -0.2) is 34.2 Å². The maximum absolute atomic E-state index is 13.3. The highest BCUT2D eigenvalue weighted by Gasteiger charge is 2.68. The van der Waals surface area contributed by atoms with Gasteiger partial charge in [-0.15, -0.1) is 0 Å². The third-order valence-corrected chi connectivity index (χ3v) is 15.1. The summed E-state index contributed by atoms with van der Waals surface area (Å²) in [5, 5.41) is 1.60. The molecule has 2 unspecified atom stereocenters. The number of hydrogen-bond acceptors (Lipinski definition) is 4. The highest BCUT2D eigenvalue weighted by Crippen LogP contribution is 2.73. The number of esters is 2. The maximum atomic E-state index is 13.3. The fraction of sp³-hybridized carbons (Fsp3) is 0.692. The number of carbonyl (C=O) groups is 2. The van der Waals surface area contributed by atoms with E-state index in [4.69, 9.17) is 9.47 Å². The minimum absolute atomic E-state index is 0.107. The summed E-state index contributed by atoms with van der Waals surface area (Å²) in [5.41, 5.74) is 3.02. The molecule has 0 amide bonds. The van der Waals surface area contributed by atoms with Gasteiger partial charge < -0.3 is 9.47 Å². The van der Waals surface area contributed by atoms with Crippen molar-refractivity contribution in [1.82, 2.24) is 0 Å². The van der Waals surface area contributed by atoms with Crippen molar-refractivity contribution >= 4 is 20.0 Å². The van der Waals surface area contributed by atoms with E-state index in [9.17, 15) is 9.59 Å². The SMILES string of the molecule is C=CC1=C([Si](C)(C)C(C)(C)C)C2=C3C(CCCC3C(C(=O)OC)(C(=O)OC)C2)C12CC2. The molecule has 0 N–H and O–H groups in total. The van der Waals surface area contributed by atoms with E-state index < -0.39 is 25.4 Å². The lowest BCUT2D eigenvalue weighted by Crippen LogP contribution is -2.47. The summed E-state index contributed by atoms with van der Waals surface area (Å²) in [7, 11) is 0.814. The molecule has 0 radical (unpaired) electrons. The zero-order valence-corrected chi connectivity index (χ0v) is 21.3. The van der Waals surface area contributed by atoms with E-state index in [1.807, 2.05) is 0 Å². The van der Waals surface area contributed by atoms with Crippen LogP contribution in [0.5, 0.6) is 0 Å². The van der Waals surface area contributed by atoms with Gasteiger partial charge in [-0.1, -0.05) is 63.7 Å². The normalized spacial score (nSPS) is 28.4. The Morgan fingerprint density at radius 2 is 1.61 bits per heavy atom. The minimum Gasteiger partial charge on any atom is -0.468 e. The Morgan fingerprint density at radius 1 is 1.06 bits per heavy atom. The molecule has 0 aromatic heterocycles. The van der Waals surface area contributed by atoms with Gasteiger partial charge in [0.1, 0.15) is 0 Å². The summed E-state index contributed by atoms with van der Waals surface area (Å²) >= 11 is 0. The maximum Gasteiger partial charge on any atom is 0.324 e. The van der Waals surface area contributed by atoms with Crippen LogP contribution in [0.15, 0.2) is 34.6 Å². The van der Waals surface area contributed by atoms with Crippen LogP contribution >= 0.6 is 0 Å². The number of ether oxygens (including phenoxy) is 2. The van der Waals surface area contributed by atoms with Gasteiger partial charge in [0.2, 0.25) is 0 Å². The molecule has 2 fully saturated rings. The molecule has 5 heteroatoms. The average Bonchev–Trinajstić information content (AvgIpc) is 3.44. The molecule has 2 atom stereocenters. The van der Waals surface area contributed by atoms with Crippen LogP contribution in [0.2, 0.25) is 18.1 Å². The van der Waals surface area contributed by atoms with Crippen LogP contribution in [0.25, 0.3) is 0 Å². The topological polar surface area (TPSA) is 52.6 Å². The third kappa shape index (κ3) is 2.71. The van der Waals surface area contributed by atoms with Crippen LogP contribution in [0.4, 0.5) is 0 Å². The zero-order chi connectivity index (χ0) is 23.0. The fourth-order valence-corrected chi connectivity index (χ4v) is 9.71. The molecule has 170 valence electrons. The first-order valence-corrected chi connectivity index (χ1v) is 14.7. The summed E-state index contributed by atoms with van der Waals surface area (Å²) in [5.74, 6) is -0.554. The molecule has 2 saturated carbocycles. The highest BCUT2D eigenvalue weighted by atomic mass is 28.3. The first-order valence-electron chi connectivity index (χ1n) is 11.7. The lowest BCUT2D eigenvalue weighted by Gasteiger charge is -2.48. The molecule has 0 aromatic rings. The lowest BCUT2D eigenvalue weighted by molar-refractivity contribution is -0.172. The molecular weight excluding hydrogens is 404 g/mol. The molecule has 0 saturated heterocycles. The molecule has 1 spiro atoms. The number of carbonyl (C=O) groups excluding carboxylic acids is 2. The summed E-state index contributed by atoms with van der Waals surface area (Å²) in [6.45, 7) is 16.2. The van der Waals surface area contributed by atoms with Crippen molar-refractivity contribution < 1.29 is 19.1 Å². The smallest absolute Gasteiger partial charge is 0.324 e. The number of rotatable bonds is 4. The quantitative estimate of drug-likeness (QED) is 0.315. The van der Waals surface area contributed by atoms with Crippen LogP contribution in [0, 0.1) is 22.7 Å². The Kier molecular flexibility index (Phi) is 5.05. The van der Waals surface area contributed by atoms with E-state index in [1.54, 1.807) is 0 Å². The first kappa shape index (κ1) is 22.6. The highest BCUT2D eigenvalue weighted by molar-refractivity contribution is 6.87. The predicted molar refractivity (Wildman–Crippen MR) is 125 cm³/mol. The van der Waals surface area contributed by atoms with Crippen molar-refractivity contribution in [2.24, 2.45) is 22.7 Å². The van der Waals surface area contributed by atoms with E-state index in [0.29, 0.717) is 12.3 Å². The van der Waals surface area contributed by atoms with E-state index >= 15 is 0 Å². The van der Waals surface area contributed by atoms with E-state index in [0.717, 1.165) is 19.3 Å². The van der Waals surface area contributed by atoms with Crippen molar-refractivity contribution in [3.05, 3.63) is 34.6 Å². The third-order valence-electron chi connectivity index (χ3n) is 9.50. The van der Waals surface area contributed by atoms with Crippen LogP contribution in [-0.2, 0) is 19.1 Å². The Bertz CT molecular complexity index is 894. The van der Waals surface area contributed by atoms with Gasteiger partial charge in [-0.2, -0.15) is 0 Å². The summed E-state index contributed by atoms with van der Waals surface area (Å²) in [4.78, 5) is 26.6. The molecule has 0 aromatic carbocycles. The van der Waals surface area contributed by atoms with Gasteiger partial charge in [0.25, 0.3) is 0 Å². The number of allylic oxidation sites excluding steroid dienone is 5. The molecule has 4 aliphatic rings.